The number of ether oxygens (including phenoxy) is 1. The Bertz CT molecular complexity index is 933. The molecule has 0 N–H and O–H groups in total. The summed E-state index contributed by atoms with van der Waals surface area (Å²) >= 11 is 1.18. The average Bonchev–Trinajstić information content (AvgIpc) is 2.99. The molecule has 0 radical (unpaired) electrons. The molecule has 0 spiro atoms. The zero-order valence-corrected chi connectivity index (χ0v) is 17.1. The van der Waals surface area contributed by atoms with Gasteiger partial charge in [-0.15, -0.1) is 21.6 Å². The molecule has 0 bridgehead atoms. The van der Waals surface area contributed by atoms with Crippen LogP contribution in [0.1, 0.15) is 41.8 Å². The fraction of sp³-hybridized carbons (Fsp3) is 0.400. The Labute approximate surface area is 164 Å². The van der Waals surface area contributed by atoms with Gasteiger partial charge in [-0.3, -0.25) is 0 Å². The lowest BCUT2D eigenvalue weighted by molar-refractivity contribution is 0.414. The van der Waals surface area contributed by atoms with Crippen LogP contribution in [0.5, 0.6) is 5.75 Å². The van der Waals surface area contributed by atoms with E-state index < -0.39 is 0 Å². The molecule has 0 aliphatic heterocycles. The average molecular weight is 382 g/mol. The zero-order chi connectivity index (χ0) is 20.0. The SMILES string of the molecule is CCCN(CC)c1cc(C)c(/N=N/c2sc(C#N)c(C)c2C#N)cc1OC. The van der Waals surface area contributed by atoms with E-state index in [1.165, 1.54) is 11.3 Å². The summed E-state index contributed by atoms with van der Waals surface area (Å²) in [6, 6.07) is 8.13. The van der Waals surface area contributed by atoms with Gasteiger partial charge in [0.05, 0.1) is 24.0 Å². The molecule has 0 fully saturated rings. The van der Waals surface area contributed by atoms with Crippen molar-refractivity contribution in [2.45, 2.75) is 34.1 Å². The number of nitriles is 2. The Morgan fingerprint density at radius 2 is 1.89 bits per heavy atom. The molecule has 27 heavy (non-hydrogen) atoms. The summed E-state index contributed by atoms with van der Waals surface area (Å²) in [4.78, 5) is 2.76. The van der Waals surface area contributed by atoms with Crippen molar-refractivity contribution in [3.05, 3.63) is 33.7 Å². The van der Waals surface area contributed by atoms with Gasteiger partial charge in [0.1, 0.15) is 22.8 Å². The van der Waals surface area contributed by atoms with Crippen LogP contribution >= 0.6 is 11.3 Å². The van der Waals surface area contributed by atoms with Gasteiger partial charge >= 0.3 is 0 Å². The summed E-state index contributed by atoms with van der Waals surface area (Å²) in [7, 11) is 1.64. The van der Waals surface area contributed by atoms with Crippen LogP contribution in [0.15, 0.2) is 22.4 Å². The number of nitrogens with zero attached hydrogens (tertiary/aromatic N) is 5. The first kappa shape index (κ1) is 20.4. The minimum Gasteiger partial charge on any atom is -0.495 e. The number of hydrogen-bond donors (Lipinski definition) is 0. The first-order valence-electron chi connectivity index (χ1n) is 8.79. The highest BCUT2D eigenvalue weighted by Gasteiger charge is 2.16. The van der Waals surface area contributed by atoms with Crippen LogP contribution in [0, 0.1) is 36.5 Å². The fourth-order valence-corrected chi connectivity index (χ4v) is 3.68. The molecule has 0 atom stereocenters. The molecular formula is C20H23N5OS. The van der Waals surface area contributed by atoms with Gasteiger partial charge in [0.15, 0.2) is 5.00 Å². The second-order valence-electron chi connectivity index (χ2n) is 6.05. The lowest BCUT2D eigenvalue weighted by Crippen LogP contribution is -2.24. The largest absolute Gasteiger partial charge is 0.495 e. The molecule has 0 saturated heterocycles. The number of rotatable bonds is 7. The number of hydrogen-bond acceptors (Lipinski definition) is 7. The van der Waals surface area contributed by atoms with E-state index in [-0.39, 0.29) is 0 Å². The van der Waals surface area contributed by atoms with E-state index in [1.807, 2.05) is 13.0 Å². The van der Waals surface area contributed by atoms with Crippen molar-refractivity contribution in [3.63, 3.8) is 0 Å². The number of methoxy groups -OCH3 is 1. The van der Waals surface area contributed by atoms with Gasteiger partial charge in [-0.25, -0.2) is 0 Å². The van der Waals surface area contributed by atoms with Crippen LogP contribution in [0.3, 0.4) is 0 Å². The third kappa shape index (κ3) is 4.27. The van der Waals surface area contributed by atoms with E-state index in [4.69, 9.17) is 10.00 Å². The topological polar surface area (TPSA) is 84.8 Å². The maximum Gasteiger partial charge on any atom is 0.158 e. The van der Waals surface area contributed by atoms with Gasteiger partial charge in [0, 0.05) is 19.2 Å². The molecule has 0 aliphatic carbocycles. The highest BCUT2D eigenvalue weighted by atomic mass is 32.1. The summed E-state index contributed by atoms with van der Waals surface area (Å²) in [5.41, 5.74) is 3.74. The maximum absolute atomic E-state index is 9.34. The summed E-state index contributed by atoms with van der Waals surface area (Å²) < 4.78 is 5.57. The van der Waals surface area contributed by atoms with Crippen LogP contribution in [-0.4, -0.2) is 20.2 Å². The number of benzene rings is 1. The van der Waals surface area contributed by atoms with E-state index in [1.54, 1.807) is 14.0 Å². The van der Waals surface area contributed by atoms with Crippen LogP contribution < -0.4 is 9.64 Å². The highest BCUT2D eigenvalue weighted by molar-refractivity contribution is 7.16. The number of thiophene rings is 1. The molecular weight excluding hydrogens is 358 g/mol. The van der Waals surface area contributed by atoms with Gasteiger partial charge < -0.3 is 9.64 Å². The number of azo groups is 1. The summed E-state index contributed by atoms with van der Waals surface area (Å²) in [5.74, 6) is 0.741. The number of aryl methyl sites for hydroxylation is 1. The quantitative estimate of drug-likeness (QED) is 0.570. The van der Waals surface area contributed by atoms with Gasteiger partial charge in [0.2, 0.25) is 0 Å². The first-order valence-corrected chi connectivity index (χ1v) is 9.61. The Morgan fingerprint density at radius 3 is 2.44 bits per heavy atom. The lowest BCUT2D eigenvalue weighted by atomic mass is 10.1. The Kier molecular flexibility index (Phi) is 6.92. The van der Waals surface area contributed by atoms with Gasteiger partial charge in [0.25, 0.3) is 0 Å². The van der Waals surface area contributed by atoms with Crippen molar-refractivity contribution in [1.29, 1.82) is 10.5 Å². The van der Waals surface area contributed by atoms with Crippen molar-refractivity contribution in [1.82, 2.24) is 0 Å². The molecule has 1 heterocycles. The van der Waals surface area contributed by atoms with E-state index in [9.17, 15) is 5.26 Å². The molecule has 0 saturated carbocycles. The molecule has 0 amide bonds. The lowest BCUT2D eigenvalue weighted by Gasteiger charge is -2.25. The monoisotopic (exact) mass is 381 g/mol. The zero-order valence-electron chi connectivity index (χ0n) is 16.3. The molecule has 7 heteroatoms. The van der Waals surface area contributed by atoms with Gasteiger partial charge in [-0.05, 0) is 44.4 Å². The predicted molar refractivity (Wildman–Crippen MR) is 109 cm³/mol. The highest BCUT2D eigenvalue weighted by Crippen LogP contribution is 2.38. The second-order valence-corrected chi connectivity index (χ2v) is 7.05. The Balaban J connectivity index is 2.45. The molecule has 140 valence electrons. The first-order chi connectivity index (χ1) is 13.0. The molecule has 2 aromatic rings. The molecule has 2 rings (SSSR count). The van der Waals surface area contributed by atoms with Crippen LogP contribution in [-0.2, 0) is 0 Å². The van der Waals surface area contributed by atoms with Crippen LogP contribution in [0.4, 0.5) is 16.4 Å². The van der Waals surface area contributed by atoms with Crippen molar-refractivity contribution in [3.8, 4) is 17.9 Å². The van der Waals surface area contributed by atoms with Crippen molar-refractivity contribution >= 4 is 27.7 Å². The minimum absolute atomic E-state index is 0.404. The van der Waals surface area contributed by atoms with Crippen molar-refractivity contribution in [2.75, 3.05) is 25.1 Å². The van der Waals surface area contributed by atoms with E-state index >= 15 is 0 Å². The van der Waals surface area contributed by atoms with Crippen molar-refractivity contribution < 1.29 is 4.74 Å². The molecule has 1 aromatic carbocycles. The second kappa shape index (κ2) is 9.16. The molecule has 6 nitrogen and oxygen atoms in total. The predicted octanol–water partition coefficient (Wildman–Crippen LogP) is 5.77. The molecule has 1 aromatic heterocycles. The maximum atomic E-state index is 9.34. The summed E-state index contributed by atoms with van der Waals surface area (Å²) in [6.07, 6.45) is 1.05. The summed E-state index contributed by atoms with van der Waals surface area (Å²) in [5, 5.41) is 27.5. The van der Waals surface area contributed by atoms with E-state index in [0.717, 1.165) is 36.5 Å². The third-order valence-corrected chi connectivity index (χ3v) is 5.38. The normalized spacial score (nSPS) is 10.6. The Morgan fingerprint density at radius 1 is 1.15 bits per heavy atom. The molecule has 0 unspecified atom stereocenters. The van der Waals surface area contributed by atoms with E-state index in [2.05, 4.69) is 47.2 Å². The minimum atomic E-state index is 0.404. The number of anilines is 1. The van der Waals surface area contributed by atoms with Crippen LogP contribution in [0.25, 0.3) is 0 Å². The van der Waals surface area contributed by atoms with Gasteiger partial charge in [-0.2, -0.15) is 10.5 Å². The molecule has 0 aliphatic rings. The Hall–Kier alpha value is -2.90. The van der Waals surface area contributed by atoms with Gasteiger partial charge in [-0.1, -0.05) is 6.92 Å². The van der Waals surface area contributed by atoms with Crippen molar-refractivity contribution in [2.24, 2.45) is 10.2 Å². The third-order valence-electron chi connectivity index (χ3n) is 4.30. The van der Waals surface area contributed by atoms with Crippen LogP contribution in [0.2, 0.25) is 0 Å². The summed E-state index contributed by atoms with van der Waals surface area (Å²) in [6.45, 7) is 9.83. The smallest absolute Gasteiger partial charge is 0.158 e. The standard InChI is InChI=1S/C20H23N5OS/c1-6-8-25(7-2)17-9-13(3)16(10-18(17)26-5)23-24-20-15(11-21)14(4)19(12-22)27-20/h9-10H,6-8H2,1-5H3/b24-23+. The van der Waals surface area contributed by atoms with E-state index in [0.29, 0.717) is 26.7 Å². The fourth-order valence-electron chi connectivity index (χ4n) is 2.81.